The number of fused-ring (bicyclic) bond motifs is 7. The minimum atomic E-state index is 0.194. The van der Waals surface area contributed by atoms with Crippen molar-refractivity contribution >= 4 is 22.9 Å². The zero-order chi connectivity index (χ0) is 21.2. The summed E-state index contributed by atoms with van der Waals surface area (Å²) in [5.41, 5.74) is 5.28. The molecule has 6 rings (SSSR count). The van der Waals surface area contributed by atoms with Crippen LogP contribution in [0.3, 0.4) is 0 Å². The highest BCUT2D eigenvalue weighted by atomic mass is 15.5. The first kappa shape index (κ1) is 18.8. The number of anilines is 4. The zero-order valence-corrected chi connectivity index (χ0v) is 18.4. The predicted octanol–water partition coefficient (Wildman–Crippen LogP) is 6.05. The van der Waals surface area contributed by atoms with Gasteiger partial charge in [0.05, 0.1) is 6.20 Å². The average molecular weight is 412 g/mol. The van der Waals surface area contributed by atoms with Crippen molar-refractivity contribution in [2.24, 2.45) is 17.3 Å². The van der Waals surface area contributed by atoms with E-state index >= 15 is 0 Å². The average Bonchev–Trinajstić information content (AvgIpc) is 3.38. The van der Waals surface area contributed by atoms with Crippen LogP contribution < -0.4 is 9.80 Å². The maximum atomic E-state index is 4.81. The predicted molar refractivity (Wildman–Crippen MR) is 124 cm³/mol. The molecule has 0 spiro atoms. The molecule has 5 atom stereocenters. The van der Waals surface area contributed by atoms with Crippen LogP contribution in [0.2, 0.25) is 0 Å². The number of benzene rings is 1. The number of nitrogens with zero attached hydrogens (tertiary/aromatic N) is 5. The van der Waals surface area contributed by atoms with Gasteiger partial charge in [-0.1, -0.05) is 45.4 Å². The monoisotopic (exact) mass is 411 g/mol. The Morgan fingerprint density at radius 2 is 1.71 bits per heavy atom. The number of aromatic nitrogens is 3. The minimum Gasteiger partial charge on any atom is -0.315 e. The first-order valence-corrected chi connectivity index (χ1v) is 11.6. The van der Waals surface area contributed by atoms with Crippen molar-refractivity contribution in [3.63, 3.8) is 0 Å². The van der Waals surface area contributed by atoms with E-state index in [2.05, 4.69) is 76.9 Å². The van der Waals surface area contributed by atoms with Crippen molar-refractivity contribution in [1.82, 2.24) is 15.0 Å². The molecule has 1 aromatic carbocycles. The number of hydrogen-bond donors (Lipinski definition) is 0. The Balaban J connectivity index is 1.67. The first-order chi connectivity index (χ1) is 15.3. The third kappa shape index (κ3) is 2.29. The van der Waals surface area contributed by atoms with Gasteiger partial charge < -0.3 is 9.80 Å². The lowest BCUT2D eigenvalue weighted by atomic mass is 9.85. The molecule has 31 heavy (non-hydrogen) atoms. The van der Waals surface area contributed by atoms with Gasteiger partial charge in [-0.3, -0.25) is 4.98 Å². The summed E-state index contributed by atoms with van der Waals surface area (Å²) in [6.07, 6.45) is 11.2. The third-order valence-corrected chi connectivity index (χ3v) is 8.23. The van der Waals surface area contributed by atoms with E-state index in [-0.39, 0.29) is 11.6 Å². The largest absolute Gasteiger partial charge is 0.315 e. The second-order valence-corrected chi connectivity index (χ2v) is 9.13. The molecule has 158 valence electrons. The van der Waals surface area contributed by atoms with Gasteiger partial charge in [0.25, 0.3) is 0 Å². The minimum absolute atomic E-state index is 0.194. The van der Waals surface area contributed by atoms with Gasteiger partial charge in [0.1, 0.15) is 18.2 Å². The summed E-state index contributed by atoms with van der Waals surface area (Å²) in [5.74, 6) is 2.97. The van der Waals surface area contributed by atoms with E-state index in [0.29, 0.717) is 17.8 Å². The van der Waals surface area contributed by atoms with Crippen molar-refractivity contribution in [3.8, 4) is 0 Å². The van der Waals surface area contributed by atoms with Crippen LogP contribution in [0.25, 0.3) is 0 Å². The van der Waals surface area contributed by atoms with Crippen LogP contribution in [0.1, 0.15) is 51.5 Å². The van der Waals surface area contributed by atoms with Crippen LogP contribution >= 0.6 is 0 Å². The van der Waals surface area contributed by atoms with Crippen LogP contribution in [0.15, 0.2) is 61.3 Å². The Kier molecular flexibility index (Phi) is 4.11. The summed E-state index contributed by atoms with van der Waals surface area (Å²) < 4.78 is 0. The first-order valence-electron chi connectivity index (χ1n) is 11.6. The van der Waals surface area contributed by atoms with E-state index in [1.165, 1.54) is 24.1 Å². The molecule has 5 heteroatoms. The van der Waals surface area contributed by atoms with E-state index in [0.717, 1.165) is 23.6 Å². The Hall–Kier alpha value is -2.95. The lowest BCUT2D eigenvalue weighted by Crippen LogP contribution is -2.46. The fourth-order valence-electron chi connectivity index (χ4n) is 7.14. The smallest absolute Gasteiger partial charge is 0.162 e. The Labute approximate surface area is 184 Å². The maximum Gasteiger partial charge on any atom is 0.162 e. The van der Waals surface area contributed by atoms with Crippen LogP contribution in [0, 0.1) is 17.3 Å². The van der Waals surface area contributed by atoms with Gasteiger partial charge in [-0.2, -0.15) is 0 Å². The van der Waals surface area contributed by atoms with Gasteiger partial charge in [0.15, 0.2) is 5.82 Å². The van der Waals surface area contributed by atoms with Gasteiger partial charge in [0.2, 0.25) is 0 Å². The highest BCUT2D eigenvalue weighted by molar-refractivity contribution is 5.87. The normalized spacial score (nSPS) is 30.2. The van der Waals surface area contributed by atoms with Crippen molar-refractivity contribution in [2.75, 3.05) is 9.80 Å². The molecule has 3 aliphatic rings. The van der Waals surface area contributed by atoms with E-state index in [4.69, 9.17) is 4.98 Å². The molecule has 2 aliphatic heterocycles. The van der Waals surface area contributed by atoms with E-state index in [1.807, 2.05) is 18.6 Å². The van der Waals surface area contributed by atoms with Gasteiger partial charge in [-0.25, -0.2) is 9.97 Å². The highest BCUT2D eigenvalue weighted by Gasteiger charge is 2.73. The molecule has 1 fully saturated rings. The van der Waals surface area contributed by atoms with E-state index in [1.54, 1.807) is 6.33 Å². The Morgan fingerprint density at radius 1 is 0.903 bits per heavy atom. The molecule has 5 unspecified atom stereocenters. The molecular formula is C26H29N5. The summed E-state index contributed by atoms with van der Waals surface area (Å²) in [7, 11) is 0. The molecule has 0 radical (unpaired) electrons. The molecule has 2 aromatic heterocycles. The summed E-state index contributed by atoms with van der Waals surface area (Å²) in [4.78, 5) is 18.6. The molecule has 0 N–H and O–H groups in total. The number of para-hydroxylation sites is 1. The number of rotatable bonds is 4. The van der Waals surface area contributed by atoms with Crippen LogP contribution in [-0.4, -0.2) is 21.1 Å². The Bertz CT molecular complexity index is 1120. The standard InChI is InChI=1S/C26H29N5/c1-4-18-19-9-7-8-10-21(19)31-22-15-28-16-29-24(22)30(17-11-13-27-14-12-17)25(31)26(6-3)20(5-2)23(18)26/h7-16,18,20,23,25H,4-6H2,1-3H3. The molecule has 1 aliphatic carbocycles. The Morgan fingerprint density at radius 3 is 2.45 bits per heavy atom. The molecule has 3 aromatic rings. The van der Waals surface area contributed by atoms with Crippen LogP contribution in [-0.2, 0) is 0 Å². The fourth-order valence-corrected chi connectivity index (χ4v) is 7.14. The molecule has 0 bridgehead atoms. The molecule has 0 saturated heterocycles. The van der Waals surface area contributed by atoms with Crippen molar-refractivity contribution in [1.29, 1.82) is 0 Å². The third-order valence-electron chi connectivity index (χ3n) is 8.23. The number of pyridine rings is 1. The second kappa shape index (κ2) is 6.78. The van der Waals surface area contributed by atoms with Gasteiger partial charge in [0, 0.05) is 29.2 Å². The molecule has 5 nitrogen and oxygen atoms in total. The summed E-state index contributed by atoms with van der Waals surface area (Å²) >= 11 is 0. The van der Waals surface area contributed by atoms with Crippen molar-refractivity contribution < 1.29 is 0 Å². The SMILES string of the molecule is CCC1c2ccccc2N2c3cncnc3N(c3ccncc3)C2C2(CC)C(CC)C12. The summed E-state index contributed by atoms with van der Waals surface area (Å²) in [6.45, 7) is 7.13. The lowest BCUT2D eigenvalue weighted by molar-refractivity contribution is 0.325. The zero-order valence-electron chi connectivity index (χ0n) is 18.4. The van der Waals surface area contributed by atoms with Crippen molar-refractivity contribution in [2.45, 2.75) is 52.1 Å². The molecule has 1 saturated carbocycles. The van der Waals surface area contributed by atoms with Gasteiger partial charge >= 0.3 is 0 Å². The van der Waals surface area contributed by atoms with E-state index in [9.17, 15) is 0 Å². The van der Waals surface area contributed by atoms with E-state index < -0.39 is 0 Å². The lowest BCUT2D eigenvalue weighted by Gasteiger charge is -2.39. The van der Waals surface area contributed by atoms with Crippen molar-refractivity contribution in [3.05, 3.63) is 66.9 Å². The molecule has 4 heterocycles. The summed E-state index contributed by atoms with van der Waals surface area (Å²) in [6, 6.07) is 13.3. The molecular weight excluding hydrogens is 382 g/mol. The quantitative estimate of drug-likeness (QED) is 0.523. The van der Waals surface area contributed by atoms with Crippen LogP contribution in [0.4, 0.5) is 22.9 Å². The summed E-state index contributed by atoms with van der Waals surface area (Å²) in [5, 5.41) is 0. The fraction of sp³-hybridized carbons (Fsp3) is 0.423. The van der Waals surface area contributed by atoms with Gasteiger partial charge in [-0.05, 0) is 54.4 Å². The number of hydrogen-bond acceptors (Lipinski definition) is 5. The maximum absolute atomic E-state index is 4.81. The van der Waals surface area contributed by atoms with Gasteiger partial charge in [-0.15, -0.1) is 0 Å². The highest BCUT2D eigenvalue weighted by Crippen LogP contribution is 2.75. The topological polar surface area (TPSA) is 45.2 Å². The van der Waals surface area contributed by atoms with Crippen LogP contribution in [0.5, 0.6) is 0 Å². The second-order valence-electron chi connectivity index (χ2n) is 9.13. The molecule has 0 amide bonds.